The Morgan fingerprint density at radius 2 is 2.12 bits per heavy atom. The summed E-state index contributed by atoms with van der Waals surface area (Å²) in [5.74, 6) is 1.37. The van der Waals surface area contributed by atoms with E-state index in [1.165, 1.54) is 0 Å². The Morgan fingerprint density at radius 1 is 1.29 bits per heavy atom. The summed E-state index contributed by atoms with van der Waals surface area (Å²) in [7, 11) is 0. The maximum Gasteiger partial charge on any atom is 0.221 e. The molecule has 1 rings (SSSR count). The molecule has 17 heavy (non-hydrogen) atoms. The van der Waals surface area contributed by atoms with Gasteiger partial charge in [0, 0.05) is 24.9 Å². The smallest absolute Gasteiger partial charge is 0.221 e. The summed E-state index contributed by atoms with van der Waals surface area (Å²) in [6, 6.07) is 0. The monoisotopic (exact) mass is 239 g/mol. The van der Waals surface area contributed by atoms with Crippen molar-refractivity contribution in [2.75, 3.05) is 26.4 Å². The molecule has 1 aromatic heterocycles. The summed E-state index contributed by atoms with van der Waals surface area (Å²) in [5, 5.41) is 3.23. The van der Waals surface area contributed by atoms with E-state index in [2.05, 4.69) is 22.2 Å². The molecule has 0 aliphatic heterocycles. The summed E-state index contributed by atoms with van der Waals surface area (Å²) in [5.41, 5.74) is 0.981. The zero-order valence-corrected chi connectivity index (χ0v) is 10.8. The van der Waals surface area contributed by atoms with Crippen LogP contribution in [0, 0.1) is 6.92 Å². The fourth-order valence-electron chi connectivity index (χ4n) is 1.32. The number of nitrogens with one attached hydrogen (secondary N) is 1. The number of hydrogen-bond donors (Lipinski definition) is 1. The third kappa shape index (κ3) is 5.10. The zero-order valence-electron chi connectivity index (χ0n) is 10.8. The molecule has 96 valence electrons. The average Bonchev–Trinajstić information content (AvgIpc) is 2.33. The van der Waals surface area contributed by atoms with Crippen molar-refractivity contribution in [3.63, 3.8) is 0 Å². The van der Waals surface area contributed by atoms with Crippen LogP contribution in [0.25, 0.3) is 0 Å². The average molecular weight is 239 g/mol. The quantitative estimate of drug-likeness (QED) is 0.693. The van der Waals surface area contributed by atoms with Gasteiger partial charge in [0.1, 0.15) is 12.4 Å². The Balaban J connectivity index is 2.56. The molecule has 1 N–H and O–H groups in total. The van der Waals surface area contributed by atoms with Crippen molar-refractivity contribution in [1.82, 2.24) is 15.3 Å². The fraction of sp³-hybridized carbons (Fsp3) is 0.667. The Kier molecular flexibility index (Phi) is 6.50. The Morgan fingerprint density at radius 3 is 2.82 bits per heavy atom. The maximum absolute atomic E-state index is 5.60. The number of rotatable bonds is 8. The molecule has 1 aromatic rings. The molecule has 0 radical (unpaired) electrons. The molecule has 0 aromatic carbocycles. The van der Waals surface area contributed by atoms with Crippen molar-refractivity contribution in [2.45, 2.75) is 27.3 Å². The highest BCUT2D eigenvalue weighted by Gasteiger charge is 2.06. The first-order valence-corrected chi connectivity index (χ1v) is 6.01. The minimum atomic E-state index is 0.517. The second-order valence-corrected chi connectivity index (χ2v) is 3.57. The Hall–Kier alpha value is -1.20. The lowest BCUT2D eigenvalue weighted by Gasteiger charge is -2.10. The molecule has 5 nitrogen and oxygen atoms in total. The van der Waals surface area contributed by atoms with Crippen molar-refractivity contribution in [3.8, 4) is 5.88 Å². The van der Waals surface area contributed by atoms with E-state index < -0.39 is 0 Å². The molecule has 1 heterocycles. The molecule has 0 spiro atoms. The van der Waals surface area contributed by atoms with Crippen LogP contribution in [0.15, 0.2) is 6.20 Å². The van der Waals surface area contributed by atoms with Crippen LogP contribution in [0.1, 0.15) is 25.2 Å². The van der Waals surface area contributed by atoms with Gasteiger partial charge in [-0.15, -0.1) is 0 Å². The van der Waals surface area contributed by atoms with E-state index in [1.54, 1.807) is 6.20 Å². The van der Waals surface area contributed by atoms with Crippen LogP contribution in [0.2, 0.25) is 0 Å². The second-order valence-electron chi connectivity index (χ2n) is 3.57. The van der Waals surface area contributed by atoms with Gasteiger partial charge in [-0.3, -0.25) is 0 Å². The third-order valence-electron chi connectivity index (χ3n) is 2.18. The van der Waals surface area contributed by atoms with Crippen LogP contribution >= 0.6 is 0 Å². The van der Waals surface area contributed by atoms with E-state index in [1.807, 2.05) is 13.8 Å². The first-order chi connectivity index (χ1) is 8.27. The van der Waals surface area contributed by atoms with Gasteiger partial charge in [-0.2, -0.15) is 4.98 Å². The van der Waals surface area contributed by atoms with Gasteiger partial charge in [-0.1, -0.05) is 6.92 Å². The normalized spacial score (nSPS) is 10.5. The van der Waals surface area contributed by atoms with Gasteiger partial charge < -0.3 is 14.8 Å². The molecular weight excluding hydrogens is 218 g/mol. The first kappa shape index (κ1) is 13.9. The highest BCUT2D eigenvalue weighted by atomic mass is 16.5. The molecule has 0 bridgehead atoms. The molecule has 0 amide bonds. The van der Waals surface area contributed by atoms with Crippen LogP contribution in [-0.2, 0) is 11.3 Å². The SMILES string of the molecule is CCNCc1cnc(C)nc1OCCOCC. The van der Waals surface area contributed by atoms with Crippen LogP contribution in [0.3, 0.4) is 0 Å². The van der Waals surface area contributed by atoms with Crippen molar-refractivity contribution >= 4 is 0 Å². The third-order valence-corrected chi connectivity index (χ3v) is 2.18. The van der Waals surface area contributed by atoms with E-state index in [0.29, 0.717) is 25.7 Å². The predicted octanol–water partition coefficient (Wildman–Crippen LogP) is 1.31. The van der Waals surface area contributed by atoms with Crippen molar-refractivity contribution in [2.24, 2.45) is 0 Å². The minimum absolute atomic E-state index is 0.517. The molecule has 0 fully saturated rings. The van der Waals surface area contributed by atoms with E-state index >= 15 is 0 Å². The Labute approximate surface area is 103 Å². The molecule has 0 saturated heterocycles. The van der Waals surface area contributed by atoms with Gasteiger partial charge in [0.15, 0.2) is 0 Å². The zero-order chi connectivity index (χ0) is 12.5. The fourth-order valence-corrected chi connectivity index (χ4v) is 1.32. The van der Waals surface area contributed by atoms with Crippen LogP contribution in [0.4, 0.5) is 0 Å². The van der Waals surface area contributed by atoms with Gasteiger partial charge in [-0.25, -0.2) is 4.98 Å². The van der Waals surface area contributed by atoms with E-state index in [0.717, 1.165) is 24.5 Å². The highest BCUT2D eigenvalue weighted by Crippen LogP contribution is 2.14. The van der Waals surface area contributed by atoms with E-state index in [9.17, 15) is 0 Å². The van der Waals surface area contributed by atoms with Gasteiger partial charge in [0.25, 0.3) is 0 Å². The standard InChI is InChI=1S/C12H21N3O2/c1-4-13-8-11-9-14-10(3)15-12(11)17-7-6-16-5-2/h9,13H,4-8H2,1-3H3. The maximum atomic E-state index is 5.60. The Bertz CT molecular complexity index is 332. The van der Waals surface area contributed by atoms with Crippen LogP contribution < -0.4 is 10.1 Å². The largest absolute Gasteiger partial charge is 0.475 e. The van der Waals surface area contributed by atoms with Gasteiger partial charge >= 0.3 is 0 Å². The predicted molar refractivity (Wildman–Crippen MR) is 66.1 cm³/mol. The van der Waals surface area contributed by atoms with Gasteiger partial charge in [0.05, 0.1) is 6.61 Å². The minimum Gasteiger partial charge on any atom is -0.475 e. The van der Waals surface area contributed by atoms with E-state index in [4.69, 9.17) is 9.47 Å². The summed E-state index contributed by atoms with van der Waals surface area (Å²) in [6.07, 6.45) is 1.81. The first-order valence-electron chi connectivity index (χ1n) is 6.01. The number of aryl methyl sites for hydroxylation is 1. The van der Waals surface area contributed by atoms with Crippen LogP contribution in [0.5, 0.6) is 5.88 Å². The summed E-state index contributed by atoms with van der Waals surface area (Å²) in [6.45, 7) is 9.32. The number of aromatic nitrogens is 2. The summed E-state index contributed by atoms with van der Waals surface area (Å²) in [4.78, 5) is 8.47. The van der Waals surface area contributed by atoms with Crippen molar-refractivity contribution < 1.29 is 9.47 Å². The lowest BCUT2D eigenvalue weighted by Crippen LogP contribution is -2.15. The second kappa shape index (κ2) is 7.97. The molecule has 0 aliphatic carbocycles. The highest BCUT2D eigenvalue weighted by molar-refractivity contribution is 5.23. The number of hydrogen-bond acceptors (Lipinski definition) is 5. The molecule has 0 atom stereocenters. The topological polar surface area (TPSA) is 56.3 Å². The summed E-state index contributed by atoms with van der Waals surface area (Å²) >= 11 is 0. The lowest BCUT2D eigenvalue weighted by molar-refractivity contribution is 0.108. The van der Waals surface area contributed by atoms with Gasteiger partial charge in [0.2, 0.25) is 5.88 Å². The van der Waals surface area contributed by atoms with Crippen molar-refractivity contribution in [3.05, 3.63) is 17.6 Å². The molecule has 0 saturated carbocycles. The lowest BCUT2D eigenvalue weighted by atomic mass is 10.3. The summed E-state index contributed by atoms with van der Waals surface area (Å²) < 4.78 is 10.8. The number of nitrogens with zero attached hydrogens (tertiary/aromatic N) is 2. The molecular formula is C12H21N3O2. The molecule has 0 unspecified atom stereocenters. The van der Waals surface area contributed by atoms with E-state index in [-0.39, 0.29) is 0 Å². The van der Waals surface area contributed by atoms with Gasteiger partial charge in [-0.05, 0) is 20.4 Å². The van der Waals surface area contributed by atoms with Crippen LogP contribution in [-0.4, -0.2) is 36.3 Å². The molecule has 5 heteroatoms. The molecule has 0 aliphatic rings. The number of ether oxygens (including phenoxy) is 2. The van der Waals surface area contributed by atoms with Crippen molar-refractivity contribution in [1.29, 1.82) is 0 Å².